The zero-order valence-corrected chi connectivity index (χ0v) is 13.1. The Balaban J connectivity index is 0.00000324. The SMILES string of the molecule is CC(C)CC(C)(CN)NS(=O)(=O)c1cccnc1.Cl. The standard InChI is InChI=1S/C12H21N3O2S.ClH/c1-10(2)7-12(3,9-13)15-18(16,17)11-5-4-6-14-8-11;/h4-6,8,10,15H,7,9,13H2,1-3H3;1H. The molecule has 1 aromatic rings. The van der Waals surface area contributed by atoms with Crippen molar-refractivity contribution in [2.45, 2.75) is 37.6 Å². The number of nitrogens with two attached hydrogens (primary N) is 1. The molecule has 110 valence electrons. The minimum absolute atomic E-state index is 0. The second-order valence-corrected chi connectivity index (χ2v) is 6.84. The van der Waals surface area contributed by atoms with Crippen LogP contribution >= 0.6 is 12.4 Å². The first-order chi connectivity index (χ1) is 8.29. The molecule has 19 heavy (non-hydrogen) atoms. The minimum Gasteiger partial charge on any atom is -0.329 e. The van der Waals surface area contributed by atoms with E-state index < -0.39 is 15.6 Å². The number of nitrogens with one attached hydrogen (secondary N) is 1. The van der Waals surface area contributed by atoms with Crippen LogP contribution in [0.1, 0.15) is 27.2 Å². The Morgan fingerprint density at radius 1 is 1.47 bits per heavy atom. The molecule has 1 aromatic heterocycles. The third-order valence-corrected chi connectivity index (χ3v) is 4.26. The average molecular weight is 308 g/mol. The molecule has 0 saturated heterocycles. The molecule has 1 atom stereocenters. The van der Waals surface area contributed by atoms with Gasteiger partial charge in [-0.2, -0.15) is 0 Å². The third-order valence-electron chi connectivity index (χ3n) is 2.63. The van der Waals surface area contributed by atoms with Crippen LogP contribution in [0.5, 0.6) is 0 Å². The molecule has 0 aliphatic heterocycles. The molecule has 0 saturated carbocycles. The van der Waals surface area contributed by atoms with Gasteiger partial charge in [-0.3, -0.25) is 4.98 Å². The predicted octanol–water partition coefficient (Wildman–Crippen LogP) is 1.55. The van der Waals surface area contributed by atoms with Crippen LogP contribution in [0.25, 0.3) is 0 Å². The molecule has 5 nitrogen and oxygen atoms in total. The first-order valence-electron chi connectivity index (χ1n) is 5.93. The van der Waals surface area contributed by atoms with Crippen LogP contribution in [-0.4, -0.2) is 25.5 Å². The highest BCUT2D eigenvalue weighted by atomic mass is 35.5. The van der Waals surface area contributed by atoms with Crippen LogP contribution in [0.2, 0.25) is 0 Å². The highest BCUT2D eigenvalue weighted by Crippen LogP contribution is 2.18. The Labute approximate surface area is 121 Å². The van der Waals surface area contributed by atoms with Crippen molar-refractivity contribution in [2.24, 2.45) is 11.7 Å². The quantitative estimate of drug-likeness (QED) is 0.835. The lowest BCUT2D eigenvalue weighted by molar-refractivity contribution is 0.344. The van der Waals surface area contributed by atoms with Crippen molar-refractivity contribution in [1.29, 1.82) is 0 Å². The van der Waals surface area contributed by atoms with E-state index in [1.807, 2.05) is 20.8 Å². The predicted molar refractivity (Wildman–Crippen MR) is 78.7 cm³/mol. The lowest BCUT2D eigenvalue weighted by Crippen LogP contribution is -2.51. The Bertz CT molecular complexity index is 479. The molecule has 0 bridgehead atoms. The summed E-state index contributed by atoms with van der Waals surface area (Å²) in [4.78, 5) is 3.98. The Morgan fingerprint density at radius 3 is 2.53 bits per heavy atom. The van der Waals surface area contributed by atoms with Gasteiger partial charge < -0.3 is 5.73 Å². The second-order valence-electron chi connectivity index (χ2n) is 5.16. The summed E-state index contributed by atoms with van der Waals surface area (Å²) in [5.41, 5.74) is 5.06. The van der Waals surface area contributed by atoms with Gasteiger partial charge in [-0.25, -0.2) is 13.1 Å². The molecule has 0 spiro atoms. The van der Waals surface area contributed by atoms with Crippen LogP contribution < -0.4 is 10.5 Å². The fourth-order valence-corrected chi connectivity index (χ4v) is 3.35. The monoisotopic (exact) mass is 307 g/mol. The summed E-state index contributed by atoms with van der Waals surface area (Å²) in [6.45, 7) is 6.14. The van der Waals surface area contributed by atoms with Gasteiger partial charge in [0.1, 0.15) is 4.90 Å². The summed E-state index contributed by atoms with van der Waals surface area (Å²) in [6.07, 6.45) is 3.55. The van der Waals surface area contributed by atoms with E-state index in [2.05, 4.69) is 9.71 Å². The number of aromatic nitrogens is 1. The average Bonchev–Trinajstić information content (AvgIpc) is 2.28. The number of pyridine rings is 1. The second kappa shape index (κ2) is 7.19. The maximum Gasteiger partial charge on any atom is 0.242 e. The van der Waals surface area contributed by atoms with Crippen LogP contribution in [0.4, 0.5) is 0 Å². The van der Waals surface area contributed by atoms with E-state index in [0.29, 0.717) is 12.3 Å². The number of hydrogen-bond acceptors (Lipinski definition) is 4. The minimum atomic E-state index is -3.57. The topological polar surface area (TPSA) is 85.1 Å². The summed E-state index contributed by atoms with van der Waals surface area (Å²) < 4.78 is 27.0. The van der Waals surface area contributed by atoms with E-state index >= 15 is 0 Å². The number of nitrogens with zero attached hydrogens (tertiary/aromatic N) is 1. The number of sulfonamides is 1. The molecule has 0 radical (unpaired) electrons. The van der Waals surface area contributed by atoms with Crippen molar-refractivity contribution >= 4 is 22.4 Å². The zero-order chi connectivity index (χ0) is 13.8. The molecule has 0 aromatic carbocycles. The maximum absolute atomic E-state index is 12.2. The molecule has 1 unspecified atom stereocenters. The number of rotatable bonds is 6. The molecule has 7 heteroatoms. The Hall–Kier alpha value is -0.690. The summed E-state index contributed by atoms with van der Waals surface area (Å²) in [5.74, 6) is 0.357. The lowest BCUT2D eigenvalue weighted by atomic mass is 9.92. The van der Waals surface area contributed by atoms with Gasteiger partial charge >= 0.3 is 0 Å². The van der Waals surface area contributed by atoms with Crippen molar-refractivity contribution in [2.75, 3.05) is 6.54 Å². The molecule has 0 aliphatic rings. The first-order valence-corrected chi connectivity index (χ1v) is 7.41. The van der Waals surface area contributed by atoms with Crippen LogP contribution in [0.15, 0.2) is 29.4 Å². The van der Waals surface area contributed by atoms with Gasteiger partial charge in [0, 0.05) is 24.5 Å². The van der Waals surface area contributed by atoms with E-state index in [4.69, 9.17) is 5.73 Å². The number of halogens is 1. The van der Waals surface area contributed by atoms with Crippen LogP contribution in [0.3, 0.4) is 0 Å². The smallest absolute Gasteiger partial charge is 0.242 e. The third kappa shape index (κ3) is 5.44. The van der Waals surface area contributed by atoms with Gasteiger partial charge in [-0.15, -0.1) is 12.4 Å². The van der Waals surface area contributed by atoms with E-state index in [9.17, 15) is 8.42 Å². The van der Waals surface area contributed by atoms with Crippen molar-refractivity contribution < 1.29 is 8.42 Å². The normalized spacial score (nSPS) is 14.8. The zero-order valence-electron chi connectivity index (χ0n) is 11.5. The summed E-state index contributed by atoms with van der Waals surface area (Å²) in [5, 5.41) is 0. The number of hydrogen-bond donors (Lipinski definition) is 2. The van der Waals surface area contributed by atoms with E-state index in [1.54, 1.807) is 6.07 Å². The molecular formula is C12H22ClN3O2S. The molecule has 0 amide bonds. The van der Waals surface area contributed by atoms with Crippen LogP contribution in [-0.2, 0) is 10.0 Å². The molecule has 1 rings (SSSR count). The van der Waals surface area contributed by atoms with Gasteiger partial charge in [0.2, 0.25) is 10.0 Å². The summed E-state index contributed by atoms with van der Waals surface area (Å²) in [6, 6.07) is 3.11. The maximum atomic E-state index is 12.2. The van der Waals surface area contributed by atoms with Gasteiger partial charge in [0.25, 0.3) is 0 Å². The summed E-state index contributed by atoms with van der Waals surface area (Å²) in [7, 11) is -3.57. The van der Waals surface area contributed by atoms with Gasteiger partial charge in [-0.1, -0.05) is 13.8 Å². The van der Waals surface area contributed by atoms with Crippen molar-refractivity contribution in [1.82, 2.24) is 9.71 Å². The van der Waals surface area contributed by atoms with E-state index in [1.165, 1.54) is 18.5 Å². The fourth-order valence-electron chi connectivity index (χ4n) is 1.96. The van der Waals surface area contributed by atoms with Crippen molar-refractivity contribution in [3.8, 4) is 0 Å². The van der Waals surface area contributed by atoms with Gasteiger partial charge in [0.05, 0.1) is 0 Å². The lowest BCUT2D eigenvalue weighted by Gasteiger charge is -2.30. The van der Waals surface area contributed by atoms with Gasteiger partial charge in [0.15, 0.2) is 0 Å². The highest BCUT2D eigenvalue weighted by molar-refractivity contribution is 7.89. The molecule has 3 N–H and O–H groups in total. The molecule has 0 fully saturated rings. The van der Waals surface area contributed by atoms with Crippen molar-refractivity contribution in [3.05, 3.63) is 24.5 Å². The largest absolute Gasteiger partial charge is 0.329 e. The molecule has 0 aliphatic carbocycles. The fraction of sp³-hybridized carbons (Fsp3) is 0.583. The highest BCUT2D eigenvalue weighted by Gasteiger charge is 2.30. The van der Waals surface area contributed by atoms with Crippen molar-refractivity contribution in [3.63, 3.8) is 0 Å². The summed E-state index contributed by atoms with van der Waals surface area (Å²) >= 11 is 0. The Morgan fingerprint density at radius 2 is 2.11 bits per heavy atom. The first kappa shape index (κ1) is 18.3. The Kier molecular flexibility index (Phi) is 6.93. The van der Waals surface area contributed by atoms with E-state index in [0.717, 1.165) is 0 Å². The molecule has 1 heterocycles. The van der Waals surface area contributed by atoms with Gasteiger partial charge in [-0.05, 0) is 31.4 Å². The van der Waals surface area contributed by atoms with E-state index in [-0.39, 0.29) is 23.8 Å². The van der Waals surface area contributed by atoms with Crippen LogP contribution in [0, 0.1) is 5.92 Å². The molecular weight excluding hydrogens is 286 g/mol.